The Kier molecular flexibility index (Phi) is 4.63. The van der Waals surface area contributed by atoms with Crippen molar-refractivity contribution in [1.29, 1.82) is 0 Å². The number of amides is 1. The number of benzene rings is 1. The number of hydrogen-bond donors (Lipinski definition) is 2. The summed E-state index contributed by atoms with van der Waals surface area (Å²) in [5.41, 5.74) is 6.80. The normalized spacial score (nSPS) is 13.2. The lowest BCUT2D eigenvalue weighted by Crippen LogP contribution is -2.33. The quantitative estimate of drug-likeness (QED) is 0.826. The number of carbonyl (C=O) groups is 1. The molecule has 1 unspecified atom stereocenters. The number of anilines is 1. The van der Waals surface area contributed by atoms with Gasteiger partial charge in [-0.3, -0.25) is 4.79 Å². The van der Waals surface area contributed by atoms with Gasteiger partial charge in [0, 0.05) is 12.1 Å². The van der Waals surface area contributed by atoms with Crippen LogP contribution in [0.25, 0.3) is 0 Å². The van der Waals surface area contributed by atoms with E-state index in [4.69, 9.17) is 17.3 Å². The number of rotatable bonds is 3. The molecule has 1 aromatic rings. The summed E-state index contributed by atoms with van der Waals surface area (Å²) in [6.07, 6.45) is 0. The van der Waals surface area contributed by atoms with Gasteiger partial charge in [0.25, 0.3) is 5.91 Å². The summed E-state index contributed by atoms with van der Waals surface area (Å²) in [7, 11) is 0. The number of nitrogens with one attached hydrogen (secondary N) is 1. The van der Waals surface area contributed by atoms with E-state index < -0.39 is 0 Å². The Morgan fingerprint density at radius 2 is 2.06 bits per heavy atom. The van der Waals surface area contributed by atoms with Gasteiger partial charge in [-0.25, -0.2) is 0 Å². The van der Waals surface area contributed by atoms with Gasteiger partial charge in [0.1, 0.15) is 0 Å². The van der Waals surface area contributed by atoms with Crippen molar-refractivity contribution in [2.24, 2.45) is 11.3 Å². The molecule has 0 saturated carbocycles. The molecule has 1 amide bonds. The molecule has 0 aliphatic carbocycles. The Balaban J connectivity index is 2.63. The highest BCUT2D eigenvalue weighted by molar-refractivity contribution is 6.33. The molecular weight excluding hydrogens is 248 g/mol. The van der Waals surface area contributed by atoms with E-state index in [0.29, 0.717) is 28.7 Å². The minimum atomic E-state index is -0.118. The van der Waals surface area contributed by atoms with Crippen LogP contribution in [0.1, 0.15) is 38.1 Å². The predicted octanol–water partition coefficient (Wildman–Crippen LogP) is 3.33. The lowest BCUT2D eigenvalue weighted by atomic mass is 9.82. The van der Waals surface area contributed by atoms with E-state index in [1.165, 1.54) is 0 Å². The standard InChI is InChI=1S/C14H21ClN2O/c1-9(14(2,3)4)8-17-13(18)10-5-6-12(16)11(15)7-10/h5-7,9H,8,16H2,1-4H3,(H,17,18). The lowest BCUT2D eigenvalue weighted by Gasteiger charge is -2.27. The summed E-state index contributed by atoms with van der Waals surface area (Å²) in [4.78, 5) is 11.9. The number of nitrogens with two attached hydrogens (primary N) is 1. The highest BCUT2D eigenvalue weighted by Crippen LogP contribution is 2.24. The van der Waals surface area contributed by atoms with Crippen LogP contribution in [0.4, 0.5) is 5.69 Å². The van der Waals surface area contributed by atoms with Gasteiger partial charge in [-0.2, -0.15) is 0 Å². The van der Waals surface area contributed by atoms with Crippen LogP contribution in [0.2, 0.25) is 5.02 Å². The van der Waals surface area contributed by atoms with Gasteiger partial charge < -0.3 is 11.1 Å². The van der Waals surface area contributed by atoms with Crippen LogP contribution in [0.5, 0.6) is 0 Å². The number of halogens is 1. The van der Waals surface area contributed by atoms with Crippen LogP contribution >= 0.6 is 11.6 Å². The van der Waals surface area contributed by atoms with Crippen molar-refractivity contribution in [1.82, 2.24) is 5.32 Å². The van der Waals surface area contributed by atoms with Crippen LogP contribution < -0.4 is 11.1 Å². The fraction of sp³-hybridized carbons (Fsp3) is 0.500. The first-order valence-corrected chi connectivity index (χ1v) is 6.43. The Bertz CT molecular complexity index is 438. The van der Waals surface area contributed by atoms with Gasteiger partial charge in [-0.15, -0.1) is 0 Å². The van der Waals surface area contributed by atoms with Gasteiger partial charge in [-0.1, -0.05) is 39.3 Å². The second kappa shape index (κ2) is 5.61. The van der Waals surface area contributed by atoms with Crippen LogP contribution in [0.15, 0.2) is 18.2 Å². The topological polar surface area (TPSA) is 55.1 Å². The molecule has 0 radical (unpaired) electrons. The van der Waals surface area contributed by atoms with Crippen molar-refractivity contribution in [3.05, 3.63) is 28.8 Å². The van der Waals surface area contributed by atoms with E-state index in [2.05, 4.69) is 33.0 Å². The monoisotopic (exact) mass is 268 g/mol. The molecule has 0 heterocycles. The molecule has 0 aliphatic rings. The van der Waals surface area contributed by atoms with E-state index >= 15 is 0 Å². The Morgan fingerprint density at radius 3 is 2.56 bits per heavy atom. The van der Waals surface area contributed by atoms with E-state index in [1.807, 2.05) is 0 Å². The van der Waals surface area contributed by atoms with Gasteiger partial charge in [0.05, 0.1) is 10.7 Å². The van der Waals surface area contributed by atoms with E-state index in [0.717, 1.165) is 0 Å². The molecule has 0 aromatic heterocycles. The third-order valence-corrected chi connectivity index (χ3v) is 3.64. The molecule has 1 rings (SSSR count). The van der Waals surface area contributed by atoms with E-state index in [-0.39, 0.29) is 11.3 Å². The molecular formula is C14H21ClN2O. The Hall–Kier alpha value is -1.22. The Labute approximate surface area is 114 Å². The Morgan fingerprint density at radius 1 is 1.44 bits per heavy atom. The first kappa shape index (κ1) is 14.8. The maximum Gasteiger partial charge on any atom is 0.251 e. The second-order valence-electron chi connectivity index (χ2n) is 5.71. The average molecular weight is 269 g/mol. The van der Waals surface area contributed by atoms with Crippen LogP contribution in [-0.2, 0) is 0 Å². The van der Waals surface area contributed by atoms with Crippen molar-refractivity contribution in [3.63, 3.8) is 0 Å². The molecule has 4 heteroatoms. The minimum Gasteiger partial charge on any atom is -0.398 e. The maximum absolute atomic E-state index is 11.9. The third-order valence-electron chi connectivity index (χ3n) is 3.31. The summed E-state index contributed by atoms with van der Waals surface area (Å²) in [6.45, 7) is 9.23. The fourth-order valence-electron chi connectivity index (χ4n) is 1.32. The molecule has 3 nitrogen and oxygen atoms in total. The third kappa shape index (κ3) is 3.91. The number of nitrogen functional groups attached to an aromatic ring is 1. The van der Waals surface area contributed by atoms with Crippen molar-refractivity contribution >= 4 is 23.2 Å². The average Bonchev–Trinajstić information content (AvgIpc) is 2.27. The molecule has 0 bridgehead atoms. The van der Waals surface area contributed by atoms with E-state index in [9.17, 15) is 4.79 Å². The molecule has 18 heavy (non-hydrogen) atoms. The zero-order valence-electron chi connectivity index (χ0n) is 11.4. The fourth-order valence-corrected chi connectivity index (χ4v) is 1.50. The molecule has 0 spiro atoms. The summed E-state index contributed by atoms with van der Waals surface area (Å²) in [5.74, 6) is 0.277. The van der Waals surface area contributed by atoms with Crippen molar-refractivity contribution in [2.75, 3.05) is 12.3 Å². The van der Waals surface area contributed by atoms with E-state index in [1.54, 1.807) is 18.2 Å². The minimum absolute atomic E-state index is 0.118. The number of hydrogen-bond acceptors (Lipinski definition) is 2. The smallest absolute Gasteiger partial charge is 0.251 e. The SMILES string of the molecule is CC(CNC(=O)c1ccc(N)c(Cl)c1)C(C)(C)C. The summed E-state index contributed by atoms with van der Waals surface area (Å²) < 4.78 is 0. The molecule has 3 N–H and O–H groups in total. The lowest BCUT2D eigenvalue weighted by molar-refractivity contribution is 0.0937. The van der Waals surface area contributed by atoms with Crippen LogP contribution in [0, 0.1) is 11.3 Å². The zero-order chi connectivity index (χ0) is 13.9. The highest BCUT2D eigenvalue weighted by Gasteiger charge is 2.20. The highest BCUT2D eigenvalue weighted by atomic mass is 35.5. The van der Waals surface area contributed by atoms with Crippen LogP contribution in [0.3, 0.4) is 0 Å². The van der Waals surface area contributed by atoms with Gasteiger partial charge >= 0.3 is 0 Å². The zero-order valence-corrected chi connectivity index (χ0v) is 12.1. The van der Waals surface area contributed by atoms with Gasteiger partial charge in [0.2, 0.25) is 0 Å². The van der Waals surface area contributed by atoms with Crippen molar-refractivity contribution in [2.45, 2.75) is 27.7 Å². The molecule has 1 atom stereocenters. The second-order valence-corrected chi connectivity index (χ2v) is 6.12. The van der Waals surface area contributed by atoms with Gasteiger partial charge in [-0.05, 0) is 29.5 Å². The van der Waals surface area contributed by atoms with Crippen molar-refractivity contribution < 1.29 is 4.79 Å². The predicted molar refractivity (Wildman–Crippen MR) is 76.8 cm³/mol. The maximum atomic E-state index is 11.9. The van der Waals surface area contributed by atoms with Gasteiger partial charge in [0.15, 0.2) is 0 Å². The molecule has 0 saturated heterocycles. The summed E-state index contributed by atoms with van der Waals surface area (Å²) >= 11 is 5.89. The number of carbonyl (C=O) groups excluding carboxylic acids is 1. The first-order chi connectivity index (χ1) is 8.21. The first-order valence-electron chi connectivity index (χ1n) is 6.05. The largest absolute Gasteiger partial charge is 0.398 e. The van der Waals surface area contributed by atoms with Crippen LogP contribution in [-0.4, -0.2) is 12.5 Å². The van der Waals surface area contributed by atoms with Crippen molar-refractivity contribution in [3.8, 4) is 0 Å². The summed E-state index contributed by atoms with van der Waals surface area (Å²) in [6, 6.07) is 4.91. The molecule has 0 aliphatic heterocycles. The summed E-state index contributed by atoms with van der Waals surface area (Å²) in [5, 5.41) is 3.32. The molecule has 1 aromatic carbocycles. The molecule has 100 valence electrons. The molecule has 0 fully saturated rings.